The van der Waals surface area contributed by atoms with Crippen LogP contribution in [0.4, 0.5) is 0 Å². The highest BCUT2D eigenvalue weighted by atomic mass is 16.3. The van der Waals surface area contributed by atoms with E-state index in [1.165, 1.54) is 116 Å². The summed E-state index contributed by atoms with van der Waals surface area (Å²) >= 11 is 0. The number of nitrogens with two attached hydrogens (primary N) is 2. The molecule has 0 aromatic heterocycles. The number of carbonyl (C=O) groups is 4. The smallest absolute Gasteiger partial charge is 0.239 e. The van der Waals surface area contributed by atoms with Crippen molar-refractivity contribution >= 4 is 23.5 Å². The number of Topliss-reactive ketones (excluding diaryl/α,β-unsaturated/α-hetero) is 1. The first kappa shape index (κ1) is 65.4. The van der Waals surface area contributed by atoms with Crippen LogP contribution in [0.3, 0.4) is 0 Å². The molecule has 0 heterocycles. The Kier molecular flexibility index (Phi) is 48.8. The molecule has 0 saturated heterocycles. The van der Waals surface area contributed by atoms with E-state index in [2.05, 4.69) is 43.5 Å². The second-order valence-electron chi connectivity index (χ2n) is 19.7. The van der Waals surface area contributed by atoms with Crippen molar-refractivity contribution in [2.24, 2.45) is 11.5 Å². The average Bonchev–Trinajstić information content (AvgIpc) is 3.34. The summed E-state index contributed by atoms with van der Waals surface area (Å²) in [6.45, 7) is 6.87. The molecular weight excluding hydrogens is 851 g/mol. The average molecular weight is 961 g/mol. The first-order valence-corrected chi connectivity index (χ1v) is 28.6. The van der Waals surface area contributed by atoms with Crippen molar-refractivity contribution in [1.82, 2.24) is 15.1 Å². The van der Waals surface area contributed by atoms with Crippen LogP contribution in [0.2, 0.25) is 0 Å². The van der Waals surface area contributed by atoms with Gasteiger partial charge in [0.25, 0.3) is 0 Å². The predicted molar refractivity (Wildman–Crippen MR) is 286 cm³/mol. The van der Waals surface area contributed by atoms with Crippen molar-refractivity contribution in [1.29, 1.82) is 0 Å². The molecule has 0 unspecified atom stereocenters. The van der Waals surface area contributed by atoms with E-state index in [0.717, 1.165) is 103 Å². The minimum Gasteiger partial charge on any atom is -0.394 e. The first-order valence-electron chi connectivity index (χ1n) is 28.6. The maximum atomic E-state index is 13.4. The van der Waals surface area contributed by atoms with Gasteiger partial charge in [-0.2, -0.15) is 0 Å². The molecule has 11 heteroatoms. The number of ketones is 1. The number of hydrogen-bond acceptors (Lipinski definition) is 8. The van der Waals surface area contributed by atoms with Crippen LogP contribution in [-0.2, 0) is 19.2 Å². The molecular formula is C57H109N5O6. The van der Waals surface area contributed by atoms with Crippen molar-refractivity contribution in [3.8, 4) is 0 Å². The van der Waals surface area contributed by atoms with Crippen molar-refractivity contribution < 1.29 is 29.4 Å². The quantitative estimate of drug-likeness (QED) is 0.0295. The molecule has 68 heavy (non-hydrogen) atoms. The van der Waals surface area contributed by atoms with Gasteiger partial charge >= 0.3 is 0 Å². The molecule has 0 aromatic carbocycles. The third-order valence-corrected chi connectivity index (χ3v) is 13.3. The fourth-order valence-electron chi connectivity index (χ4n) is 8.63. The second kappa shape index (κ2) is 50.8. The molecule has 3 amide bonds. The van der Waals surface area contributed by atoms with Crippen LogP contribution in [0.1, 0.15) is 258 Å². The molecule has 0 saturated carbocycles. The van der Waals surface area contributed by atoms with Gasteiger partial charge in [0.15, 0.2) is 5.78 Å². The monoisotopic (exact) mass is 960 g/mol. The van der Waals surface area contributed by atoms with Crippen LogP contribution in [0, 0.1) is 0 Å². The summed E-state index contributed by atoms with van der Waals surface area (Å²) in [6, 6.07) is -1.75. The van der Waals surface area contributed by atoms with E-state index in [1.807, 2.05) is 9.80 Å². The summed E-state index contributed by atoms with van der Waals surface area (Å²) in [5.74, 6) is -0.102. The number of nitrogens with one attached hydrogen (secondary N) is 1. The minimum absolute atomic E-state index is 0.127. The third kappa shape index (κ3) is 42.3. The van der Waals surface area contributed by atoms with Gasteiger partial charge in [0.2, 0.25) is 17.7 Å². The molecule has 0 radical (unpaired) electrons. The van der Waals surface area contributed by atoms with E-state index in [1.54, 1.807) is 0 Å². The lowest BCUT2D eigenvalue weighted by molar-refractivity contribution is -0.132. The summed E-state index contributed by atoms with van der Waals surface area (Å²) in [5, 5.41) is 21.2. The fourth-order valence-corrected chi connectivity index (χ4v) is 8.63. The maximum absolute atomic E-state index is 13.4. The molecule has 0 spiro atoms. The lowest BCUT2D eigenvalue weighted by atomic mass is 10.1. The zero-order chi connectivity index (χ0) is 50.0. The van der Waals surface area contributed by atoms with E-state index < -0.39 is 18.7 Å². The Labute approximate surface area is 418 Å². The number of amides is 3. The van der Waals surface area contributed by atoms with Crippen LogP contribution < -0.4 is 16.8 Å². The molecule has 0 fully saturated rings. The number of allylic oxidation sites excluding steroid dienone is 4. The number of carbonyl (C=O) groups excluding carboxylic acids is 4. The van der Waals surface area contributed by atoms with Crippen LogP contribution >= 0.6 is 0 Å². The van der Waals surface area contributed by atoms with Gasteiger partial charge in [0, 0.05) is 52.0 Å². The zero-order valence-electron chi connectivity index (χ0n) is 44.4. The molecule has 11 nitrogen and oxygen atoms in total. The Morgan fingerprint density at radius 1 is 0.412 bits per heavy atom. The minimum atomic E-state index is -0.931. The van der Waals surface area contributed by atoms with Crippen LogP contribution in [0.5, 0.6) is 0 Å². The van der Waals surface area contributed by atoms with Crippen LogP contribution in [0.15, 0.2) is 24.3 Å². The molecule has 0 aliphatic carbocycles. The van der Waals surface area contributed by atoms with E-state index in [-0.39, 0.29) is 30.1 Å². The highest BCUT2D eigenvalue weighted by Gasteiger charge is 2.17. The van der Waals surface area contributed by atoms with Gasteiger partial charge in [-0.25, -0.2) is 0 Å². The number of rotatable bonds is 52. The Morgan fingerprint density at radius 3 is 1.10 bits per heavy atom. The number of aliphatic hydroxyl groups excluding tert-OH is 2. The second-order valence-corrected chi connectivity index (χ2v) is 19.7. The van der Waals surface area contributed by atoms with Crippen molar-refractivity contribution in [3.05, 3.63) is 24.3 Å². The van der Waals surface area contributed by atoms with Crippen molar-refractivity contribution in [3.63, 3.8) is 0 Å². The van der Waals surface area contributed by atoms with E-state index in [9.17, 15) is 29.4 Å². The number of aliphatic hydroxyl groups is 2. The van der Waals surface area contributed by atoms with Crippen LogP contribution in [-0.4, -0.2) is 102 Å². The Morgan fingerprint density at radius 2 is 0.721 bits per heavy atom. The van der Waals surface area contributed by atoms with Crippen LogP contribution in [0.25, 0.3) is 0 Å². The van der Waals surface area contributed by atoms with Gasteiger partial charge in [0.1, 0.15) is 6.04 Å². The lowest BCUT2D eigenvalue weighted by Crippen LogP contribution is -2.44. The van der Waals surface area contributed by atoms with Gasteiger partial charge in [-0.1, -0.05) is 167 Å². The normalized spacial score (nSPS) is 12.6. The Balaban J connectivity index is 4.68. The van der Waals surface area contributed by atoms with Crippen molar-refractivity contribution in [2.75, 3.05) is 45.9 Å². The molecule has 0 rings (SSSR count). The molecule has 398 valence electrons. The fraction of sp³-hybridized carbons (Fsp3) is 0.860. The van der Waals surface area contributed by atoms with Gasteiger partial charge in [-0.3, -0.25) is 19.2 Å². The van der Waals surface area contributed by atoms with Gasteiger partial charge in [-0.05, 0) is 96.3 Å². The largest absolute Gasteiger partial charge is 0.394 e. The number of hydrogen-bond donors (Lipinski definition) is 5. The number of unbranched alkanes of at least 4 members (excludes halogenated alkanes) is 28. The highest BCUT2D eigenvalue weighted by molar-refractivity contribution is 5.83. The summed E-state index contributed by atoms with van der Waals surface area (Å²) < 4.78 is 0. The lowest BCUT2D eigenvalue weighted by Gasteiger charge is -2.23. The first-order chi connectivity index (χ1) is 33.2. The molecule has 2 atom stereocenters. The molecule has 0 aliphatic rings. The molecule has 0 aliphatic heterocycles. The van der Waals surface area contributed by atoms with Gasteiger partial charge in [0.05, 0.1) is 19.3 Å². The zero-order valence-corrected chi connectivity index (χ0v) is 44.4. The molecule has 7 N–H and O–H groups in total. The van der Waals surface area contributed by atoms with E-state index in [4.69, 9.17) is 11.5 Å². The standard InChI is InChI=1S/C57H109N5O6/c1-3-5-7-9-11-13-15-17-19-21-23-25-27-31-35-43-55(66)61(48-40-37-42-54(65)52(58)50-63)46-38-33-29-30-34-39-47-62(49-41-45-60-57(68)53(59)51-64)56(67)44-36-32-28-26-24-22-20-18-16-14-12-10-8-6-4-2/h17-20,52-53,63-64H,3-16,21-51,58-59H2,1-2H3,(H,60,68)/b19-17-,20-18-/t52-,53-/m0/s1. The predicted octanol–water partition coefficient (Wildman–Crippen LogP) is 11.9. The summed E-state index contributed by atoms with van der Waals surface area (Å²) in [6.07, 6.45) is 50.9. The third-order valence-electron chi connectivity index (χ3n) is 13.3. The molecule has 0 aromatic rings. The van der Waals surface area contributed by atoms with E-state index in [0.29, 0.717) is 58.3 Å². The summed E-state index contributed by atoms with van der Waals surface area (Å²) in [5.41, 5.74) is 11.3. The SMILES string of the molecule is CCCCCCCC/C=C\CCCCCCCC(=O)N(CCCCCCCCN(CCCNC(=O)[C@@H](N)CO)C(=O)CCCCCCC/C=C\CCCCCCCC)CCCCC(=O)[C@@H](N)CO. The Bertz CT molecular complexity index is 1140. The van der Waals surface area contributed by atoms with Gasteiger partial charge in [-0.15, -0.1) is 0 Å². The molecule has 0 bridgehead atoms. The van der Waals surface area contributed by atoms with Gasteiger partial charge < -0.3 is 36.8 Å². The maximum Gasteiger partial charge on any atom is 0.239 e. The summed E-state index contributed by atoms with van der Waals surface area (Å²) in [7, 11) is 0. The van der Waals surface area contributed by atoms with Crippen molar-refractivity contribution in [2.45, 2.75) is 270 Å². The Hall–Kier alpha value is -2.60. The topological polar surface area (TPSA) is 179 Å². The number of nitrogens with zero attached hydrogens (tertiary/aromatic N) is 2. The highest BCUT2D eigenvalue weighted by Crippen LogP contribution is 2.15. The van der Waals surface area contributed by atoms with E-state index >= 15 is 0 Å². The summed E-state index contributed by atoms with van der Waals surface area (Å²) in [4.78, 5) is 54.9.